The second kappa shape index (κ2) is 7.76. The van der Waals surface area contributed by atoms with E-state index in [1.165, 1.54) is 11.3 Å². The monoisotopic (exact) mass is 356 g/mol. The first-order chi connectivity index (χ1) is 12.2. The quantitative estimate of drug-likeness (QED) is 0.629. The lowest BCUT2D eigenvalue weighted by atomic mass is 10.2. The van der Waals surface area contributed by atoms with E-state index in [2.05, 4.69) is 9.97 Å². The zero-order valence-electron chi connectivity index (χ0n) is 13.8. The second-order valence-electron chi connectivity index (χ2n) is 5.05. The number of thiazole rings is 1. The molecular weight excluding hydrogens is 340 g/mol. The van der Waals surface area contributed by atoms with Crippen LogP contribution in [-0.2, 0) is 11.3 Å². The van der Waals surface area contributed by atoms with Gasteiger partial charge in [-0.25, -0.2) is 9.78 Å². The van der Waals surface area contributed by atoms with Crippen molar-refractivity contribution in [2.45, 2.75) is 6.61 Å². The van der Waals surface area contributed by atoms with Gasteiger partial charge in [0.1, 0.15) is 11.6 Å². The molecule has 7 heteroatoms. The number of carbonyl (C=O) groups is 1. The molecule has 1 aromatic carbocycles. The Morgan fingerprint density at radius 2 is 2.00 bits per heavy atom. The molecule has 2 aromatic heterocycles. The van der Waals surface area contributed by atoms with Crippen molar-refractivity contribution in [2.75, 3.05) is 14.2 Å². The van der Waals surface area contributed by atoms with Gasteiger partial charge < -0.3 is 14.2 Å². The molecule has 0 aliphatic carbocycles. The number of hydrogen-bond donors (Lipinski definition) is 0. The van der Waals surface area contributed by atoms with Crippen molar-refractivity contribution in [1.82, 2.24) is 9.97 Å². The normalized spacial score (nSPS) is 10.3. The average Bonchev–Trinajstić information content (AvgIpc) is 3.16. The molecule has 0 aliphatic heterocycles. The maximum Gasteiger partial charge on any atom is 0.358 e. The molecule has 0 radical (unpaired) electrons. The topological polar surface area (TPSA) is 70.5 Å². The van der Waals surface area contributed by atoms with E-state index in [9.17, 15) is 4.79 Å². The highest BCUT2D eigenvalue weighted by Gasteiger charge is 2.15. The summed E-state index contributed by atoms with van der Waals surface area (Å²) in [6.45, 7) is 0.163. The Morgan fingerprint density at radius 3 is 2.72 bits per heavy atom. The Kier molecular flexibility index (Phi) is 5.25. The van der Waals surface area contributed by atoms with Crippen molar-refractivity contribution in [3.05, 3.63) is 59.4 Å². The molecule has 6 nitrogen and oxygen atoms in total. The van der Waals surface area contributed by atoms with E-state index in [-0.39, 0.29) is 12.3 Å². The van der Waals surface area contributed by atoms with Gasteiger partial charge in [0.15, 0.2) is 17.2 Å². The Hall–Kier alpha value is -2.93. The fourth-order valence-electron chi connectivity index (χ4n) is 2.18. The summed E-state index contributed by atoms with van der Waals surface area (Å²) in [6.07, 6.45) is 3.32. The molecule has 3 aromatic rings. The van der Waals surface area contributed by atoms with Gasteiger partial charge in [0.2, 0.25) is 0 Å². The number of ether oxygens (including phenoxy) is 3. The predicted octanol–water partition coefficient (Wildman–Crippen LogP) is 3.58. The molecule has 0 amide bonds. The van der Waals surface area contributed by atoms with Crippen LogP contribution in [0.3, 0.4) is 0 Å². The van der Waals surface area contributed by atoms with E-state index in [1.54, 1.807) is 44.1 Å². The standard InChI is InChI=1S/C18H16N2O4S/c1-22-15-6-5-13(8-16(15)23-2)17-20-14(11-25-17)18(21)24-10-12-4-3-7-19-9-12/h3-9,11H,10H2,1-2H3. The Labute approximate surface area is 149 Å². The molecule has 0 fully saturated rings. The summed E-state index contributed by atoms with van der Waals surface area (Å²) < 4.78 is 15.8. The molecule has 25 heavy (non-hydrogen) atoms. The van der Waals surface area contributed by atoms with Crippen molar-refractivity contribution >= 4 is 17.3 Å². The molecule has 3 rings (SSSR count). The third-order valence-corrected chi connectivity index (χ3v) is 4.33. The van der Waals surface area contributed by atoms with E-state index in [0.29, 0.717) is 16.5 Å². The number of hydrogen-bond acceptors (Lipinski definition) is 7. The summed E-state index contributed by atoms with van der Waals surface area (Å²) >= 11 is 1.36. The Balaban J connectivity index is 1.72. The van der Waals surface area contributed by atoms with Gasteiger partial charge in [0.25, 0.3) is 0 Å². The summed E-state index contributed by atoms with van der Waals surface area (Å²) in [5, 5.41) is 2.38. The summed E-state index contributed by atoms with van der Waals surface area (Å²) in [5.41, 5.74) is 1.94. The number of rotatable bonds is 6. The minimum atomic E-state index is -0.466. The molecule has 0 spiro atoms. The molecular formula is C18H16N2O4S. The average molecular weight is 356 g/mol. The van der Waals surface area contributed by atoms with Crippen LogP contribution in [0.15, 0.2) is 48.1 Å². The van der Waals surface area contributed by atoms with Crippen molar-refractivity contribution in [3.8, 4) is 22.1 Å². The molecule has 0 saturated carbocycles. The van der Waals surface area contributed by atoms with Gasteiger partial charge in [-0.2, -0.15) is 0 Å². The lowest BCUT2D eigenvalue weighted by Gasteiger charge is -2.08. The zero-order valence-corrected chi connectivity index (χ0v) is 14.6. The summed E-state index contributed by atoms with van der Waals surface area (Å²) in [7, 11) is 3.15. The molecule has 0 bridgehead atoms. The highest BCUT2D eigenvalue weighted by molar-refractivity contribution is 7.13. The van der Waals surface area contributed by atoms with Gasteiger partial charge >= 0.3 is 5.97 Å². The summed E-state index contributed by atoms with van der Waals surface area (Å²) in [4.78, 5) is 20.5. The van der Waals surface area contributed by atoms with Crippen LogP contribution in [0.2, 0.25) is 0 Å². The maximum absolute atomic E-state index is 12.1. The van der Waals surface area contributed by atoms with E-state index < -0.39 is 5.97 Å². The molecule has 0 saturated heterocycles. The van der Waals surface area contributed by atoms with Gasteiger partial charge in [0, 0.05) is 28.9 Å². The number of esters is 1. The zero-order chi connectivity index (χ0) is 17.6. The number of aromatic nitrogens is 2. The number of benzene rings is 1. The summed E-state index contributed by atoms with van der Waals surface area (Å²) in [6, 6.07) is 9.13. The largest absolute Gasteiger partial charge is 0.493 e. The molecule has 2 heterocycles. The minimum absolute atomic E-state index is 0.163. The Bertz CT molecular complexity index is 865. The number of pyridine rings is 1. The van der Waals surface area contributed by atoms with Crippen LogP contribution in [0.5, 0.6) is 11.5 Å². The summed E-state index contributed by atoms with van der Waals surface area (Å²) in [5.74, 6) is 0.779. The van der Waals surface area contributed by atoms with E-state index in [0.717, 1.165) is 11.1 Å². The lowest BCUT2D eigenvalue weighted by molar-refractivity contribution is 0.0466. The molecule has 0 unspecified atom stereocenters. The number of nitrogens with zero attached hydrogens (tertiary/aromatic N) is 2. The van der Waals surface area contributed by atoms with Gasteiger partial charge in [-0.15, -0.1) is 11.3 Å². The fraction of sp³-hybridized carbons (Fsp3) is 0.167. The van der Waals surface area contributed by atoms with Crippen LogP contribution in [0.25, 0.3) is 10.6 Å². The van der Waals surface area contributed by atoms with Crippen molar-refractivity contribution in [2.24, 2.45) is 0 Å². The molecule has 128 valence electrons. The highest BCUT2D eigenvalue weighted by atomic mass is 32.1. The van der Waals surface area contributed by atoms with Crippen molar-refractivity contribution in [3.63, 3.8) is 0 Å². The van der Waals surface area contributed by atoms with Gasteiger partial charge in [-0.1, -0.05) is 6.07 Å². The van der Waals surface area contributed by atoms with Crippen LogP contribution < -0.4 is 9.47 Å². The van der Waals surface area contributed by atoms with E-state index in [1.807, 2.05) is 18.2 Å². The predicted molar refractivity (Wildman–Crippen MR) is 94.0 cm³/mol. The van der Waals surface area contributed by atoms with E-state index in [4.69, 9.17) is 14.2 Å². The highest BCUT2D eigenvalue weighted by Crippen LogP contribution is 2.33. The number of methoxy groups -OCH3 is 2. The first-order valence-corrected chi connectivity index (χ1v) is 8.33. The molecule has 0 atom stereocenters. The number of carbonyl (C=O) groups excluding carboxylic acids is 1. The van der Waals surface area contributed by atoms with Gasteiger partial charge in [-0.05, 0) is 24.3 Å². The van der Waals surface area contributed by atoms with Crippen LogP contribution in [-0.4, -0.2) is 30.2 Å². The van der Waals surface area contributed by atoms with Crippen LogP contribution in [0.4, 0.5) is 0 Å². The first-order valence-electron chi connectivity index (χ1n) is 7.45. The van der Waals surface area contributed by atoms with Gasteiger partial charge in [-0.3, -0.25) is 4.98 Å². The first kappa shape index (κ1) is 16.9. The molecule has 0 aliphatic rings. The van der Waals surface area contributed by atoms with Crippen molar-refractivity contribution in [1.29, 1.82) is 0 Å². The van der Waals surface area contributed by atoms with Crippen LogP contribution in [0.1, 0.15) is 16.1 Å². The third kappa shape index (κ3) is 3.95. The fourth-order valence-corrected chi connectivity index (χ4v) is 2.96. The SMILES string of the molecule is COc1ccc(-c2nc(C(=O)OCc3cccnc3)cs2)cc1OC. The van der Waals surface area contributed by atoms with Crippen LogP contribution in [0, 0.1) is 0 Å². The Morgan fingerprint density at radius 1 is 1.16 bits per heavy atom. The minimum Gasteiger partial charge on any atom is -0.493 e. The maximum atomic E-state index is 12.1. The van der Waals surface area contributed by atoms with E-state index >= 15 is 0 Å². The second-order valence-corrected chi connectivity index (χ2v) is 5.90. The van der Waals surface area contributed by atoms with Crippen LogP contribution >= 0.6 is 11.3 Å². The lowest BCUT2D eigenvalue weighted by Crippen LogP contribution is -2.05. The third-order valence-electron chi connectivity index (χ3n) is 3.44. The molecule has 0 N–H and O–H groups in total. The van der Waals surface area contributed by atoms with Gasteiger partial charge in [0.05, 0.1) is 14.2 Å². The smallest absolute Gasteiger partial charge is 0.358 e. The van der Waals surface area contributed by atoms with Crippen molar-refractivity contribution < 1.29 is 19.0 Å².